The Labute approximate surface area is 247 Å². The smallest absolute Gasteiger partial charge is 0.351 e. The number of hydrogen-bond donors (Lipinski definition) is 1. The molecule has 42 heavy (non-hydrogen) atoms. The van der Waals surface area contributed by atoms with Crippen LogP contribution in [0.1, 0.15) is 36.5 Å². The molecule has 2 aliphatic rings. The molecule has 0 spiro atoms. The summed E-state index contributed by atoms with van der Waals surface area (Å²) in [5.41, 5.74) is 3.77. The number of ether oxygens (including phenoxy) is 2. The van der Waals surface area contributed by atoms with Crippen LogP contribution in [0.3, 0.4) is 0 Å². The van der Waals surface area contributed by atoms with Gasteiger partial charge in [-0.2, -0.15) is 4.98 Å². The highest BCUT2D eigenvalue weighted by Crippen LogP contribution is 2.45. The van der Waals surface area contributed by atoms with Gasteiger partial charge in [-0.3, -0.25) is 9.47 Å². The van der Waals surface area contributed by atoms with E-state index in [0.29, 0.717) is 49.1 Å². The van der Waals surface area contributed by atoms with Crippen molar-refractivity contribution in [2.24, 2.45) is 0 Å². The molecular weight excluding hydrogens is 530 g/mol. The maximum absolute atomic E-state index is 13.5. The van der Waals surface area contributed by atoms with Crippen LogP contribution in [-0.2, 0) is 20.8 Å². The van der Waals surface area contributed by atoms with E-state index in [4.69, 9.17) is 9.47 Å². The number of piperazine rings is 1. The number of allylic oxidation sites excluding steroid dienone is 1. The van der Waals surface area contributed by atoms with Gasteiger partial charge in [0.25, 0.3) is 0 Å². The monoisotopic (exact) mass is 569 g/mol. The summed E-state index contributed by atoms with van der Waals surface area (Å²) in [7, 11) is 1.61. The van der Waals surface area contributed by atoms with Crippen molar-refractivity contribution in [1.82, 2.24) is 14.5 Å². The van der Waals surface area contributed by atoms with E-state index in [1.54, 1.807) is 18.6 Å². The Morgan fingerprint density at radius 2 is 1.74 bits per heavy atom. The topological polar surface area (TPSA) is 88.9 Å². The number of fused-ring (bicyclic) bond motifs is 1. The molecule has 0 saturated carbocycles. The van der Waals surface area contributed by atoms with Gasteiger partial charge >= 0.3 is 11.7 Å². The Balaban J connectivity index is 1.51. The zero-order valence-electron chi connectivity index (χ0n) is 24.6. The lowest BCUT2D eigenvalue weighted by atomic mass is 9.81. The molecule has 1 aromatic heterocycles. The number of carbonyl (C=O) groups is 1. The summed E-state index contributed by atoms with van der Waals surface area (Å²) in [5.74, 6) is 0.427. The van der Waals surface area contributed by atoms with E-state index in [1.807, 2.05) is 55.5 Å². The molecule has 1 fully saturated rings. The number of nitrogens with one attached hydrogen (secondary N) is 1. The van der Waals surface area contributed by atoms with Crippen LogP contribution in [0.5, 0.6) is 0 Å². The van der Waals surface area contributed by atoms with Gasteiger partial charge in [0.05, 0.1) is 31.2 Å². The number of anilines is 2. The first-order valence-corrected chi connectivity index (χ1v) is 14.5. The quantitative estimate of drug-likeness (QED) is 0.365. The van der Waals surface area contributed by atoms with Gasteiger partial charge in [0.2, 0.25) is 0 Å². The van der Waals surface area contributed by atoms with Crippen LogP contribution in [0.25, 0.3) is 6.08 Å². The molecule has 9 heteroatoms. The summed E-state index contributed by atoms with van der Waals surface area (Å²) in [4.78, 5) is 36.1. The van der Waals surface area contributed by atoms with E-state index in [1.165, 1.54) is 5.56 Å². The van der Waals surface area contributed by atoms with Crippen molar-refractivity contribution in [3.05, 3.63) is 105 Å². The van der Waals surface area contributed by atoms with E-state index < -0.39 is 5.92 Å². The van der Waals surface area contributed by atoms with Crippen LogP contribution in [0, 0.1) is 0 Å². The third-order valence-electron chi connectivity index (χ3n) is 7.78. The number of rotatable bonds is 10. The maximum Gasteiger partial charge on any atom is 0.351 e. The van der Waals surface area contributed by atoms with Gasteiger partial charge in [0.15, 0.2) is 0 Å². The van der Waals surface area contributed by atoms with Gasteiger partial charge in [-0.05, 0) is 25.0 Å². The average molecular weight is 570 g/mol. The Kier molecular flexibility index (Phi) is 9.51. The number of benzene rings is 2. The second-order valence-electron chi connectivity index (χ2n) is 10.5. The van der Waals surface area contributed by atoms with Gasteiger partial charge in [0.1, 0.15) is 11.6 Å². The Morgan fingerprint density at radius 3 is 2.40 bits per heavy atom. The minimum Gasteiger partial charge on any atom is -0.463 e. The van der Waals surface area contributed by atoms with Crippen molar-refractivity contribution in [3.8, 4) is 0 Å². The van der Waals surface area contributed by atoms with Gasteiger partial charge in [-0.25, -0.2) is 9.59 Å². The zero-order chi connectivity index (χ0) is 29.5. The van der Waals surface area contributed by atoms with E-state index in [-0.39, 0.29) is 18.3 Å². The second-order valence-corrected chi connectivity index (χ2v) is 10.5. The third kappa shape index (κ3) is 6.32. The predicted octanol–water partition coefficient (Wildman–Crippen LogP) is 4.12. The first-order chi connectivity index (χ1) is 20.5. The van der Waals surface area contributed by atoms with Crippen LogP contribution in [-0.4, -0.2) is 73.5 Å². The molecule has 1 atom stereocenters. The molecule has 1 N–H and O–H groups in total. The maximum atomic E-state index is 13.5. The number of esters is 1. The summed E-state index contributed by atoms with van der Waals surface area (Å²) in [6, 6.07) is 20.2. The lowest BCUT2D eigenvalue weighted by Gasteiger charge is -2.39. The fourth-order valence-corrected chi connectivity index (χ4v) is 5.70. The molecule has 3 heterocycles. The Bertz CT molecular complexity index is 1490. The Morgan fingerprint density at radius 1 is 1.05 bits per heavy atom. The molecule has 1 unspecified atom stereocenters. The minimum atomic E-state index is -0.453. The van der Waals surface area contributed by atoms with Crippen molar-refractivity contribution >= 4 is 23.7 Å². The van der Waals surface area contributed by atoms with Crippen LogP contribution >= 0.6 is 0 Å². The molecule has 3 aromatic rings. The fourth-order valence-electron chi connectivity index (χ4n) is 5.70. The van der Waals surface area contributed by atoms with Gasteiger partial charge < -0.3 is 19.7 Å². The lowest BCUT2D eigenvalue weighted by molar-refractivity contribution is -0.138. The predicted molar refractivity (Wildman–Crippen MR) is 166 cm³/mol. The molecule has 0 radical (unpaired) electrons. The van der Waals surface area contributed by atoms with Crippen LogP contribution in [0.15, 0.2) is 82.8 Å². The SMILES string of the molecule is CCOC(=O)C1=C(C)Nc2c(c(N3CCN(C/C=C/c4ccccc4)CC3)nc(=O)n2CCOC)C1c1ccccc1. The molecule has 2 aromatic carbocycles. The van der Waals surface area contributed by atoms with E-state index >= 15 is 0 Å². The number of methoxy groups -OCH3 is 1. The molecule has 2 aliphatic heterocycles. The Hall–Kier alpha value is -4.21. The molecular formula is C33H39N5O4. The van der Waals surface area contributed by atoms with Crippen molar-refractivity contribution < 1.29 is 14.3 Å². The van der Waals surface area contributed by atoms with Gasteiger partial charge in [-0.15, -0.1) is 0 Å². The molecule has 0 bridgehead atoms. The van der Waals surface area contributed by atoms with Crippen molar-refractivity contribution in [1.29, 1.82) is 0 Å². The summed E-state index contributed by atoms with van der Waals surface area (Å²) in [6.07, 6.45) is 4.34. The highest BCUT2D eigenvalue weighted by atomic mass is 16.5. The van der Waals surface area contributed by atoms with Gasteiger partial charge in [0, 0.05) is 51.1 Å². The molecule has 220 valence electrons. The minimum absolute atomic E-state index is 0.267. The number of aromatic nitrogens is 2. The van der Waals surface area contributed by atoms with E-state index in [0.717, 1.165) is 30.8 Å². The average Bonchev–Trinajstić information content (AvgIpc) is 3.01. The first-order valence-electron chi connectivity index (χ1n) is 14.5. The van der Waals surface area contributed by atoms with Crippen molar-refractivity contribution in [2.45, 2.75) is 26.3 Å². The van der Waals surface area contributed by atoms with E-state index in [2.05, 4.69) is 44.4 Å². The largest absolute Gasteiger partial charge is 0.463 e. The van der Waals surface area contributed by atoms with E-state index in [9.17, 15) is 9.59 Å². The van der Waals surface area contributed by atoms with Gasteiger partial charge in [-0.1, -0.05) is 72.8 Å². The molecule has 0 amide bonds. The summed E-state index contributed by atoms with van der Waals surface area (Å²) >= 11 is 0. The van der Waals surface area contributed by atoms with Crippen molar-refractivity contribution in [2.75, 3.05) is 63.3 Å². The van der Waals surface area contributed by atoms with Crippen LogP contribution in [0.2, 0.25) is 0 Å². The summed E-state index contributed by atoms with van der Waals surface area (Å²) in [6.45, 7) is 8.53. The van der Waals surface area contributed by atoms with Crippen molar-refractivity contribution in [3.63, 3.8) is 0 Å². The second kappa shape index (κ2) is 13.6. The summed E-state index contributed by atoms with van der Waals surface area (Å²) in [5, 5.41) is 3.40. The highest BCUT2D eigenvalue weighted by molar-refractivity contribution is 5.95. The molecule has 0 aliphatic carbocycles. The fraction of sp³-hybridized carbons (Fsp3) is 0.364. The lowest BCUT2D eigenvalue weighted by Crippen LogP contribution is -2.48. The molecule has 1 saturated heterocycles. The van der Waals surface area contributed by atoms with Crippen LogP contribution in [0.4, 0.5) is 11.6 Å². The third-order valence-corrected chi connectivity index (χ3v) is 7.78. The van der Waals surface area contributed by atoms with Crippen LogP contribution < -0.4 is 15.9 Å². The standard InChI is InChI=1S/C33H39N5O4/c1-4-42-32(39)27-24(2)34-31-29(28(27)26-15-9-6-10-16-26)30(35-33(40)38(31)22-23-41-3)37-20-18-36(19-21-37)17-11-14-25-12-7-5-8-13-25/h5-16,28,34H,4,17-23H2,1-3H3/b14-11+. The normalized spacial score (nSPS) is 17.3. The molecule has 5 rings (SSSR count). The molecule has 9 nitrogen and oxygen atoms in total. The summed E-state index contributed by atoms with van der Waals surface area (Å²) < 4.78 is 12.5. The number of carbonyl (C=O) groups excluding carboxylic acids is 1. The first kappa shape index (κ1) is 29.3. The zero-order valence-corrected chi connectivity index (χ0v) is 24.6. The highest BCUT2D eigenvalue weighted by Gasteiger charge is 2.39. The number of hydrogen-bond acceptors (Lipinski definition) is 8. The number of nitrogens with zero attached hydrogens (tertiary/aromatic N) is 4.